The van der Waals surface area contributed by atoms with Crippen molar-refractivity contribution in [2.75, 3.05) is 26.0 Å². The molecule has 0 unspecified atom stereocenters. The van der Waals surface area contributed by atoms with Crippen LogP contribution in [0.5, 0.6) is 5.75 Å². The Kier molecular flexibility index (Phi) is 4.97. The van der Waals surface area contributed by atoms with Gasteiger partial charge in [0.15, 0.2) is 0 Å². The van der Waals surface area contributed by atoms with Crippen molar-refractivity contribution in [2.45, 2.75) is 30.4 Å². The Morgan fingerprint density at radius 1 is 1.20 bits per heavy atom. The van der Waals surface area contributed by atoms with Gasteiger partial charge in [-0.25, -0.2) is 0 Å². The molecule has 2 saturated heterocycles. The third-order valence-electron chi connectivity index (χ3n) is 4.97. The minimum absolute atomic E-state index is 0.369. The Morgan fingerprint density at radius 2 is 2.04 bits per heavy atom. The summed E-state index contributed by atoms with van der Waals surface area (Å²) in [7, 11) is 1.71. The molecular formula is C20H24N2O2S. The van der Waals surface area contributed by atoms with E-state index in [2.05, 4.69) is 39.8 Å². The third kappa shape index (κ3) is 4.00. The number of hydrogen-bond acceptors (Lipinski definition) is 5. The number of thioether (sulfide) groups is 1. The molecule has 3 heterocycles. The minimum Gasteiger partial charge on any atom is -0.497 e. The molecule has 25 heavy (non-hydrogen) atoms. The van der Waals surface area contributed by atoms with Crippen molar-refractivity contribution in [3.63, 3.8) is 0 Å². The smallest absolute Gasteiger partial charge is 0.118 e. The lowest BCUT2D eigenvalue weighted by Gasteiger charge is -2.47. The molecule has 1 aromatic carbocycles. The van der Waals surface area contributed by atoms with Crippen LogP contribution in [0.15, 0.2) is 48.8 Å². The number of benzene rings is 1. The van der Waals surface area contributed by atoms with Crippen molar-refractivity contribution < 1.29 is 9.47 Å². The Hall–Kier alpha value is -1.56. The number of aromatic nitrogens is 1. The van der Waals surface area contributed by atoms with E-state index in [4.69, 9.17) is 9.47 Å². The van der Waals surface area contributed by atoms with Crippen LogP contribution < -0.4 is 4.74 Å². The number of hydrogen-bond donors (Lipinski definition) is 0. The fourth-order valence-electron chi connectivity index (χ4n) is 3.70. The van der Waals surface area contributed by atoms with Crippen molar-refractivity contribution in [1.82, 2.24) is 9.88 Å². The number of nitrogens with zero attached hydrogens (tertiary/aromatic N) is 2. The standard InChI is InChI=1S/C20H24N2O2S/c1-23-18-6-4-16(5-7-18)11-22-14-20(15-22)9-19(13-25-20)24-12-17-3-2-8-21-10-17/h2-8,10,19H,9,11-15H2,1H3/t19-/m1/s1. The van der Waals surface area contributed by atoms with E-state index < -0.39 is 0 Å². The van der Waals surface area contributed by atoms with Gasteiger partial charge in [0.05, 0.1) is 19.8 Å². The summed E-state index contributed by atoms with van der Waals surface area (Å²) in [5.41, 5.74) is 2.51. The quantitative estimate of drug-likeness (QED) is 0.793. The van der Waals surface area contributed by atoms with Gasteiger partial charge in [0, 0.05) is 42.5 Å². The van der Waals surface area contributed by atoms with E-state index in [9.17, 15) is 0 Å². The lowest BCUT2D eigenvalue weighted by Crippen LogP contribution is -2.58. The van der Waals surface area contributed by atoms with Crippen molar-refractivity contribution in [3.05, 3.63) is 59.9 Å². The highest BCUT2D eigenvalue weighted by Gasteiger charge is 2.49. The molecule has 0 amide bonds. The van der Waals surface area contributed by atoms with Gasteiger partial charge in [0.25, 0.3) is 0 Å². The van der Waals surface area contributed by atoms with Crippen molar-refractivity contribution in [2.24, 2.45) is 0 Å². The summed E-state index contributed by atoms with van der Waals surface area (Å²) in [6.45, 7) is 4.02. The SMILES string of the molecule is COc1ccc(CN2CC3(C[C@@H](OCc4cccnc4)CS3)C2)cc1. The number of ether oxygens (including phenoxy) is 2. The molecule has 0 saturated carbocycles. The number of likely N-dealkylation sites (tertiary alicyclic amines) is 1. The summed E-state index contributed by atoms with van der Waals surface area (Å²) >= 11 is 2.09. The van der Waals surface area contributed by atoms with E-state index >= 15 is 0 Å². The molecule has 2 fully saturated rings. The fourth-order valence-corrected chi connectivity index (χ4v) is 5.30. The molecule has 1 aromatic heterocycles. The van der Waals surface area contributed by atoms with Crippen molar-refractivity contribution in [1.29, 1.82) is 0 Å². The van der Waals surface area contributed by atoms with Gasteiger partial charge in [0.1, 0.15) is 5.75 Å². The molecule has 4 nitrogen and oxygen atoms in total. The minimum atomic E-state index is 0.369. The summed E-state index contributed by atoms with van der Waals surface area (Å²) < 4.78 is 11.7. The average molecular weight is 356 g/mol. The van der Waals surface area contributed by atoms with Crippen LogP contribution in [0, 0.1) is 0 Å². The van der Waals surface area contributed by atoms with Gasteiger partial charge in [-0.2, -0.15) is 0 Å². The zero-order valence-corrected chi connectivity index (χ0v) is 15.4. The zero-order chi connectivity index (χ0) is 17.1. The maximum absolute atomic E-state index is 6.11. The molecule has 5 heteroatoms. The summed E-state index contributed by atoms with van der Waals surface area (Å²) in [5.74, 6) is 2.03. The highest BCUT2D eigenvalue weighted by Crippen LogP contribution is 2.46. The summed E-state index contributed by atoms with van der Waals surface area (Å²) in [4.78, 5) is 6.67. The molecule has 0 radical (unpaired) electrons. The predicted molar refractivity (Wildman–Crippen MR) is 101 cm³/mol. The normalized spacial score (nSPS) is 22.0. The topological polar surface area (TPSA) is 34.6 Å². The average Bonchev–Trinajstić information content (AvgIpc) is 3.06. The summed E-state index contributed by atoms with van der Waals surface area (Å²) in [6.07, 6.45) is 5.22. The van der Waals surface area contributed by atoms with Crippen LogP contribution >= 0.6 is 11.8 Å². The van der Waals surface area contributed by atoms with Crippen LogP contribution in [0.1, 0.15) is 17.5 Å². The fraction of sp³-hybridized carbons (Fsp3) is 0.450. The maximum Gasteiger partial charge on any atom is 0.118 e. The van der Waals surface area contributed by atoms with Crippen LogP contribution in [0.25, 0.3) is 0 Å². The lowest BCUT2D eigenvalue weighted by molar-refractivity contribution is 0.0263. The predicted octanol–water partition coefficient (Wildman–Crippen LogP) is 3.37. The summed E-state index contributed by atoms with van der Waals surface area (Å²) in [5, 5.41) is 0. The second-order valence-corrected chi connectivity index (χ2v) is 8.47. The van der Waals surface area contributed by atoms with Crippen molar-refractivity contribution >= 4 is 11.8 Å². The number of methoxy groups -OCH3 is 1. The Morgan fingerprint density at radius 3 is 2.76 bits per heavy atom. The monoisotopic (exact) mass is 356 g/mol. The molecule has 0 bridgehead atoms. The largest absolute Gasteiger partial charge is 0.497 e. The van der Waals surface area contributed by atoms with Crippen LogP contribution in [0.3, 0.4) is 0 Å². The number of rotatable bonds is 6. The first-order valence-electron chi connectivity index (χ1n) is 8.74. The van der Waals surface area contributed by atoms with Crippen LogP contribution in [-0.2, 0) is 17.9 Å². The van der Waals surface area contributed by atoms with Crippen LogP contribution in [0.4, 0.5) is 0 Å². The lowest BCUT2D eigenvalue weighted by atomic mass is 9.92. The van der Waals surface area contributed by atoms with Gasteiger partial charge >= 0.3 is 0 Å². The summed E-state index contributed by atoms with van der Waals surface area (Å²) in [6, 6.07) is 12.4. The third-order valence-corrected chi connectivity index (χ3v) is 6.55. The van der Waals surface area contributed by atoms with Gasteiger partial charge in [-0.1, -0.05) is 18.2 Å². The van der Waals surface area contributed by atoms with Gasteiger partial charge in [-0.15, -0.1) is 11.8 Å². The molecule has 0 aliphatic carbocycles. The van der Waals surface area contributed by atoms with Gasteiger partial charge in [0.2, 0.25) is 0 Å². The highest BCUT2D eigenvalue weighted by molar-refractivity contribution is 8.01. The molecule has 4 rings (SSSR count). The van der Waals surface area contributed by atoms with E-state index in [0.29, 0.717) is 17.5 Å². The first kappa shape index (κ1) is 16.9. The highest BCUT2D eigenvalue weighted by atomic mass is 32.2. The second-order valence-electron chi connectivity index (χ2n) is 6.99. The van der Waals surface area contributed by atoms with Gasteiger partial charge in [-0.3, -0.25) is 9.88 Å². The first-order valence-corrected chi connectivity index (χ1v) is 9.73. The Labute approximate surface area is 153 Å². The Bertz CT molecular complexity index is 687. The van der Waals surface area contributed by atoms with Gasteiger partial charge < -0.3 is 9.47 Å². The van der Waals surface area contributed by atoms with E-state index in [-0.39, 0.29) is 0 Å². The van der Waals surface area contributed by atoms with E-state index in [1.807, 2.05) is 24.4 Å². The molecule has 1 spiro atoms. The van der Waals surface area contributed by atoms with Crippen molar-refractivity contribution in [3.8, 4) is 5.75 Å². The van der Waals surface area contributed by atoms with E-state index in [0.717, 1.165) is 43.1 Å². The Balaban J connectivity index is 1.23. The second kappa shape index (κ2) is 7.36. The molecular weight excluding hydrogens is 332 g/mol. The zero-order valence-electron chi connectivity index (χ0n) is 14.6. The molecule has 2 aromatic rings. The molecule has 132 valence electrons. The number of pyridine rings is 1. The van der Waals surface area contributed by atoms with Crippen LogP contribution in [-0.4, -0.2) is 46.7 Å². The van der Waals surface area contributed by atoms with Crippen LogP contribution in [0.2, 0.25) is 0 Å². The molecule has 0 N–H and O–H groups in total. The van der Waals surface area contributed by atoms with E-state index in [1.54, 1.807) is 13.3 Å². The molecule has 2 aliphatic heterocycles. The maximum atomic E-state index is 6.11. The molecule has 1 atom stereocenters. The van der Waals surface area contributed by atoms with Gasteiger partial charge in [-0.05, 0) is 35.7 Å². The molecule has 2 aliphatic rings. The van der Waals surface area contributed by atoms with E-state index in [1.165, 1.54) is 5.56 Å². The first-order chi connectivity index (χ1) is 12.2.